The van der Waals surface area contributed by atoms with E-state index in [-0.39, 0.29) is 30.2 Å². The summed E-state index contributed by atoms with van der Waals surface area (Å²) in [5, 5.41) is 19.4. The molecule has 0 saturated heterocycles. The zero-order valence-electron chi connectivity index (χ0n) is 21.0. The average molecular weight is 505 g/mol. The molecule has 0 unspecified atom stereocenters. The van der Waals surface area contributed by atoms with E-state index in [1.807, 2.05) is 19.1 Å². The number of aliphatic hydroxyl groups is 1. The summed E-state index contributed by atoms with van der Waals surface area (Å²) in [5.74, 6) is 0.169. The highest BCUT2D eigenvalue weighted by molar-refractivity contribution is 5.93. The third-order valence-corrected chi connectivity index (χ3v) is 8.04. The summed E-state index contributed by atoms with van der Waals surface area (Å²) in [6.45, 7) is 5.89. The lowest BCUT2D eigenvalue weighted by molar-refractivity contribution is -0.141. The molecular weight excluding hydrogens is 475 g/mol. The van der Waals surface area contributed by atoms with Crippen molar-refractivity contribution in [3.05, 3.63) is 70.8 Å². The number of rotatable bonds is 10. The number of aryl methyl sites for hydroxylation is 1. The predicted molar refractivity (Wildman–Crippen MR) is 133 cm³/mol. The molecule has 8 heteroatoms. The van der Waals surface area contributed by atoms with Crippen LogP contribution in [0, 0.1) is 24.1 Å². The van der Waals surface area contributed by atoms with E-state index in [1.54, 1.807) is 38.2 Å². The minimum absolute atomic E-state index is 0.00192. The molecule has 4 atom stereocenters. The molecule has 4 aliphatic carbocycles. The van der Waals surface area contributed by atoms with Crippen molar-refractivity contribution in [2.75, 3.05) is 6.61 Å². The SMILES string of the molecule is Cc1nc(OCCCC(C)(C)O)ccc1-c1ccc(F)c(COc2cc3c(cn2)[C@H]2[C@H]4[C@@H]3[C@@]42C(=O)O)c1. The molecule has 0 aliphatic heterocycles. The number of hydrogen-bond donors (Lipinski definition) is 2. The zero-order chi connectivity index (χ0) is 26.1. The van der Waals surface area contributed by atoms with Crippen molar-refractivity contribution in [2.45, 2.75) is 57.7 Å². The first-order valence-electron chi connectivity index (χ1n) is 12.6. The fourth-order valence-electron chi connectivity index (χ4n) is 6.13. The Hall–Kier alpha value is -3.52. The third-order valence-electron chi connectivity index (χ3n) is 8.04. The van der Waals surface area contributed by atoms with E-state index in [2.05, 4.69) is 9.97 Å². The van der Waals surface area contributed by atoms with Crippen molar-refractivity contribution in [3.8, 4) is 22.9 Å². The van der Waals surface area contributed by atoms with Crippen LogP contribution in [0.4, 0.5) is 4.39 Å². The Labute approximate surface area is 214 Å². The van der Waals surface area contributed by atoms with E-state index in [4.69, 9.17) is 9.47 Å². The van der Waals surface area contributed by atoms with Gasteiger partial charge in [0.1, 0.15) is 12.4 Å². The largest absolute Gasteiger partial charge is 0.481 e. The molecule has 1 aromatic carbocycles. The van der Waals surface area contributed by atoms with Crippen molar-refractivity contribution in [1.82, 2.24) is 9.97 Å². The number of aliphatic carboxylic acids is 1. The zero-order valence-corrected chi connectivity index (χ0v) is 21.0. The molecule has 4 aliphatic rings. The molecule has 2 saturated carbocycles. The topological polar surface area (TPSA) is 102 Å². The van der Waals surface area contributed by atoms with Crippen molar-refractivity contribution in [3.63, 3.8) is 0 Å². The van der Waals surface area contributed by atoms with Gasteiger partial charge in [0.05, 0.1) is 17.6 Å². The van der Waals surface area contributed by atoms with Crippen LogP contribution in [0.15, 0.2) is 42.6 Å². The van der Waals surface area contributed by atoms with Crippen LogP contribution < -0.4 is 9.47 Å². The van der Waals surface area contributed by atoms with E-state index >= 15 is 0 Å². The van der Waals surface area contributed by atoms with Gasteiger partial charge in [-0.3, -0.25) is 4.79 Å². The van der Waals surface area contributed by atoms with Crippen LogP contribution in [0.3, 0.4) is 0 Å². The quantitative estimate of drug-likeness (QED) is 0.375. The second-order valence-electron chi connectivity index (χ2n) is 11.0. The predicted octanol–water partition coefficient (Wildman–Crippen LogP) is 5.00. The number of halogens is 1. The summed E-state index contributed by atoms with van der Waals surface area (Å²) in [6.07, 6.45) is 3.07. The van der Waals surface area contributed by atoms with E-state index in [1.165, 1.54) is 6.07 Å². The number of benzene rings is 1. The first-order valence-corrected chi connectivity index (χ1v) is 12.6. The fourth-order valence-corrected chi connectivity index (χ4v) is 6.13. The van der Waals surface area contributed by atoms with Gasteiger partial charge in [-0.15, -0.1) is 0 Å². The molecule has 2 aromatic heterocycles. The number of pyridine rings is 2. The highest BCUT2D eigenvalue weighted by atomic mass is 19.1. The molecule has 2 heterocycles. The fraction of sp³-hybridized carbons (Fsp3) is 0.414. The molecule has 3 aromatic rings. The second-order valence-corrected chi connectivity index (χ2v) is 11.0. The van der Waals surface area contributed by atoms with Crippen molar-refractivity contribution < 1.29 is 28.9 Å². The van der Waals surface area contributed by atoms with Gasteiger partial charge in [0.25, 0.3) is 0 Å². The number of carboxylic acids is 1. The van der Waals surface area contributed by atoms with E-state index in [9.17, 15) is 19.4 Å². The van der Waals surface area contributed by atoms with Crippen molar-refractivity contribution in [2.24, 2.45) is 11.3 Å². The average Bonchev–Trinajstić information content (AvgIpc) is 3.64. The Morgan fingerprint density at radius 2 is 1.89 bits per heavy atom. The Morgan fingerprint density at radius 3 is 2.59 bits per heavy atom. The number of ether oxygens (including phenoxy) is 2. The lowest BCUT2D eigenvalue weighted by Crippen LogP contribution is -2.19. The summed E-state index contributed by atoms with van der Waals surface area (Å²) in [6, 6.07) is 10.4. The van der Waals surface area contributed by atoms with Gasteiger partial charge < -0.3 is 19.7 Å². The minimum Gasteiger partial charge on any atom is -0.481 e. The van der Waals surface area contributed by atoms with Crippen LogP contribution in [-0.4, -0.2) is 38.4 Å². The van der Waals surface area contributed by atoms with Gasteiger partial charge in [-0.2, -0.15) is 0 Å². The number of carboxylic acid groups (broad SMARTS) is 1. The Kier molecular flexibility index (Phi) is 5.32. The first kappa shape index (κ1) is 23.9. The summed E-state index contributed by atoms with van der Waals surface area (Å²) in [4.78, 5) is 20.5. The number of aromatic nitrogens is 2. The van der Waals surface area contributed by atoms with Crippen LogP contribution in [0.25, 0.3) is 11.1 Å². The van der Waals surface area contributed by atoms with Gasteiger partial charge >= 0.3 is 5.97 Å². The van der Waals surface area contributed by atoms with Crippen LogP contribution in [-0.2, 0) is 11.4 Å². The van der Waals surface area contributed by atoms with Gasteiger partial charge in [-0.25, -0.2) is 14.4 Å². The lowest BCUT2D eigenvalue weighted by atomic mass is 10.0. The van der Waals surface area contributed by atoms with E-state index < -0.39 is 17.0 Å². The Balaban J connectivity index is 1.12. The molecule has 7 rings (SSSR count). The molecule has 2 fully saturated rings. The monoisotopic (exact) mass is 504 g/mol. The molecular formula is C29H29FN2O5. The van der Waals surface area contributed by atoms with E-state index in [0.29, 0.717) is 36.8 Å². The van der Waals surface area contributed by atoms with Gasteiger partial charge in [0.15, 0.2) is 0 Å². The second kappa shape index (κ2) is 8.25. The minimum atomic E-state index is -0.722. The number of nitrogens with zero attached hydrogens (tertiary/aromatic N) is 2. The van der Waals surface area contributed by atoms with E-state index in [0.717, 1.165) is 27.9 Å². The molecule has 0 spiro atoms. The maximum Gasteiger partial charge on any atom is 0.311 e. The maximum absolute atomic E-state index is 14.6. The smallest absolute Gasteiger partial charge is 0.311 e. The normalized spacial score (nSPS) is 24.3. The van der Waals surface area contributed by atoms with Crippen molar-refractivity contribution >= 4 is 5.97 Å². The maximum atomic E-state index is 14.6. The van der Waals surface area contributed by atoms with Gasteiger partial charge in [-0.05, 0) is 74.4 Å². The lowest BCUT2D eigenvalue weighted by Gasteiger charge is -2.16. The summed E-state index contributed by atoms with van der Waals surface area (Å²) < 4.78 is 26.2. The van der Waals surface area contributed by atoms with Gasteiger partial charge in [-0.1, -0.05) is 6.07 Å². The Bertz CT molecular complexity index is 1420. The Morgan fingerprint density at radius 1 is 1.11 bits per heavy atom. The molecule has 2 N–H and O–H groups in total. The standard InChI is InChI=1S/C29H29FN2O5/c1-15-18(6-8-22(32-15)36-10-4-9-28(2,3)35)16-5-7-21(30)17(11-16)14-37-23-12-19-20(13-31-23)25-26-24(19)29(25,26)27(33)34/h5-8,11-13,24-26,35H,4,9-10,14H2,1-3H3,(H,33,34)/t24-,25+,26-,29+/m1/s1. The molecule has 7 nitrogen and oxygen atoms in total. The third kappa shape index (κ3) is 3.85. The van der Waals surface area contributed by atoms with Crippen molar-refractivity contribution in [1.29, 1.82) is 0 Å². The number of carbonyl (C=O) groups is 1. The molecule has 0 radical (unpaired) electrons. The highest BCUT2D eigenvalue weighted by Crippen LogP contribution is 2.96. The molecule has 0 amide bonds. The molecule has 37 heavy (non-hydrogen) atoms. The van der Waals surface area contributed by atoms with Crippen LogP contribution in [0.1, 0.15) is 60.9 Å². The van der Waals surface area contributed by atoms with Gasteiger partial charge in [0.2, 0.25) is 11.8 Å². The summed E-state index contributed by atoms with van der Waals surface area (Å²) in [7, 11) is 0. The summed E-state index contributed by atoms with van der Waals surface area (Å²) in [5.41, 5.74) is 3.55. The highest BCUT2D eigenvalue weighted by Gasteiger charge is 2.95. The molecule has 2 bridgehead atoms. The summed E-state index contributed by atoms with van der Waals surface area (Å²) >= 11 is 0. The first-order chi connectivity index (χ1) is 17.6. The molecule has 192 valence electrons. The number of hydrogen-bond acceptors (Lipinski definition) is 6. The van der Waals surface area contributed by atoms with Gasteiger partial charge in [0, 0.05) is 47.0 Å². The van der Waals surface area contributed by atoms with Crippen LogP contribution in [0.2, 0.25) is 0 Å². The van der Waals surface area contributed by atoms with Crippen LogP contribution >= 0.6 is 0 Å². The van der Waals surface area contributed by atoms with Crippen LogP contribution in [0.5, 0.6) is 11.8 Å².